The van der Waals surface area contributed by atoms with Crippen LogP contribution in [0.2, 0.25) is 0 Å². The van der Waals surface area contributed by atoms with E-state index in [1.807, 2.05) is 0 Å². The predicted molar refractivity (Wildman–Crippen MR) is 235 cm³/mol. The van der Waals surface area contributed by atoms with E-state index in [1.165, 1.54) is 60.7 Å². The van der Waals surface area contributed by atoms with E-state index in [1.54, 1.807) is 72.8 Å². The Balaban J connectivity index is 1.33. The van der Waals surface area contributed by atoms with Gasteiger partial charge in [0.15, 0.2) is 12.2 Å². The molecular weight excluding hydrogens is 921 g/mol. The summed E-state index contributed by atoms with van der Waals surface area (Å²) in [6, 6.07) is 38.4. The molecule has 7 rings (SSSR count). The van der Waals surface area contributed by atoms with Crippen LogP contribution in [0.25, 0.3) is 0 Å². The van der Waals surface area contributed by atoms with Gasteiger partial charge in [0, 0.05) is 5.75 Å². The van der Waals surface area contributed by atoms with Crippen molar-refractivity contribution >= 4 is 46.6 Å². The molecule has 0 aliphatic carbocycles. The zero-order valence-electron chi connectivity index (χ0n) is 35.2. The number of alkyl halides is 6. The molecule has 18 heteroatoms. The van der Waals surface area contributed by atoms with Crippen molar-refractivity contribution in [2.24, 2.45) is 4.99 Å². The number of hydrogen-bond acceptors (Lipinski definition) is 12. The average molecular weight is 958 g/mol. The lowest BCUT2D eigenvalue weighted by Gasteiger charge is -2.44. The summed E-state index contributed by atoms with van der Waals surface area (Å²) < 4.78 is 118. The Labute approximate surface area is 388 Å². The topological polar surface area (TPSA) is 136 Å². The van der Waals surface area contributed by atoms with E-state index in [-0.39, 0.29) is 38.9 Å². The fourth-order valence-corrected chi connectivity index (χ4v) is 7.40. The maximum absolute atomic E-state index is 14.0. The first kappa shape index (κ1) is 48.5. The lowest BCUT2D eigenvalue weighted by atomic mass is 9.97. The van der Waals surface area contributed by atoms with Crippen molar-refractivity contribution in [2.75, 3.05) is 6.61 Å². The highest BCUT2D eigenvalue weighted by Gasteiger charge is 2.54. The lowest BCUT2D eigenvalue weighted by molar-refractivity contribution is -0.278. The highest BCUT2D eigenvalue weighted by atomic mass is 32.2. The smallest absolute Gasteiger partial charge is 0.416 e. The summed E-state index contributed by atoms with van der Waals surface area (Å²) in [5.41, 5.74) is -1.48. The number of thioether (sulfide) groups is 1. The summed E-state index contributed by atoms with van der Waals surface area (Å²) in [6.45, 7) is -0.705. The van der Waals surface area contributed by atoms with Gasteiger partial charge in [-0.1, -0.05) is 96.7 Å². The molecule has 6 aromatic carbocycles. The van der Waals surface area contributed by atoms with Crippen LogP contribution in [0.4, 0.5) is 32.0 Å². The maximum Gasteiger partial charge on any atom is 0.416 e. The molecule has 0 amide bonds. The number of esters is 4. The van der Waals surface area contributed by atoms with Crippen LogP contribution < -0.4 is 0 Å². The van der Waals surface area contributed by atoms with E-state index in [2.05, 4.69) is 4.99 Å². The number of carbonyl (C=O) groups excluding carboxylic acids is 4. The van der Waals surface area contributed by atoms with Crippen LogP contribution in [0.3, 0.4) is 0 Å². The quantitative estimate of drug-likeness (QED) is 0.0360. The molecule has 0 N–H and O–H groups in total. The van der Waals surface area contributed by atoms with Gasteiger partial charge in [-0.2, -0.15) is 26.3 Å². The monoisotopic (exact) mass is 957 g/mol. The molecule has 0 aromatic heterocycles. The molecule has 5 atom stereocenters. The normalized spacial score (nSPS) is 18.4. The fraction of sp³-hybridized carbons (Fsp3) is 0.180. The second-order valence-electron chi connectivity index (χ2n) is 14.7. The highest BCUT2D eigenvalue weighted by Crippen LogP contribution is 2.35. The zero-order valence-corrected chi connectivity index (χ0v) is 36.0. The molecule has 0 spiro atoms. The molecule has 1 saturated heterocycles. The molecule has 11 nitrogen and oxygen atoms in total. The number of nitrogens with zero attached hydrogens (tertiary/aromatic N) is 1. The van der Waals surface area contributed by atoms with E-state index in [9.17, 15) is 45.5 Å². The van der Waals surface area contributed by atoms with Gasteiger partial charge in [-0.15, -0.1) is 0 Å². The Morgan fingerprint density at radius 2 is 0.882 bits per heavy atom. The summed E-state index contributed by atoms with van der Waals surface area (Å²) in [4.78, 5) is 59.7. The standard InChI is InChI=1S/C50H37F6NO10S/c51-49(52,53)36-23-21-31(22-24-36)30-68-48(57-38-27-25-37(26-28-38)50(54,55)56)67-47-42(66-46(61)35-19-11-4-12-20-35)41(65-45(60)34-17-9-3-10-18-34)40(64-44(59)33-15-7-2-8-16-33)39(63-47)29-62-43(58)32-13-5-1-6-14-32/h1-28,39-42,47H,29-30H2/t39-,40-,41+,42-,47-/m1/s1. The SMILES string of the molecule is O=C(OC[C@H]1O[C@H](OC(=Nc2ccc(C(F)(F)F)cc2)SCc2ccc(C(F)(F)F)cc2)[C@H](OC(=O)c2ccccc2)[C@@H](OC(=O)c2ccccc2)[C@@H]1OC(=O)c1ccccc1)c1ccccc1. The number of aliphatic imine (C=N–C) groups is 1. The van der Waals surface area contributed by atoms with Gasteiger partial charge in [-0.3, -0.25) is 0 Å². The molecule has 1 aliphatic heterocycles. The molecule has 0 bridgehead atoms. The van der Waals surface area contributed by atoms with Crippen molar-refractivity contribution in [1.29, 1.82) is 0 Å². The molecule has 1 fully saturated rings. The number of halogens is 6. The Hall–Kier alpha value is -7.44. The van der Waals surface area contributed by atoms with Gasteiger partial charge >= 0.3 is 36.2 Å². The summed E-state index contributed by atoms with van der Waals surface area (Å²) in [5.74, 6) is -3.93. The third-order valence-electron chi connectivity index (χ3n) is 10.0. The minimum atomic E-state index is -4.70. The van der Waals surface area contributed by atoms with Crippen LogP contribution in [-0.2, 0) is 46.5 Å². The lowest BCUT2D eigenvalue weighted by Crippen LogP contribution is -2.63. The van der Waals surface area contributed by atoms with Gasteiger partial charge in [0.1, 0.15) is 12.7 Å². The molecule has 350 valence electrons. The van der Waals surface area contributed by atoms with Crippen LogP contribution >= 0.6 is 11.8 Å². The van der Waals surface area contributed by atoms with Crippen molar-refractivity contribution in [2.45, 2.75) is 48.8 Å². The molecule has 0 saturated carbocycles. The van der Waals surface area contributed by atoms with E-state index < -0.39 is 84.7 Å². The number of carbonyl (C=O) groups is 4. The van der Waals surface area contributed by atoms with Crippen LogP contribution in [0.15, 0.2) is 175 Å². The van der Waals surface area contributed by atoms with Crippen LogP contribution in [0.1, 0.15) is 58.1 Å². The van der Waals surface area contributed by atoms with Gasteiger partial charge in [-0.25, -0.2) is 24.2 Å². The maximum atomic E-state index is 14.0. The third-order valence-corrected chi connectivity index (χ3v) is 10.9. The number of ether oxygens (including phenoxy) is 6. The van der Waals surface area contributed by atoms with E-state index in [0.29, 0.717) is 5.56 Å². The molecule has 1 heterocycles. The molecule has 0 unspecified atom stereocenters. The van der Waals surface area contributed by atoms with Crippen molar-refractivity contribution in [3.05, 3.63) is 209 Å². The first-order valence-corrected chi connectivity index (χ1v) is 21.5. The Kier molecular flexibility index (Phi) is 15.6. The summed E-state index contributed by atoms with van der Waals surface area (Å²) in [6.07, 6.45) is -18.3. The fourth-order valence-electron chi connectivity index (χ4n) is 6.58. The molecule has 1 aliphatic rings. The summed E-state index contributed by atoms with van der Waals surface area (Å²) >= 11 is 0.766. The minimum Gasteiger partial charge on any atom is -0.459 e. The van der Waals surface area contributed by atoms with E-state index in [0.717, 1.165) is 48.2 Å². The highest BCUT2D eigenvalue weighted by molar-refractivity contribution is 8.12. The summed E-state index contributed by atoms with van der Waals surface area (Å²) in [5, 5.41) is -0.386. The summed E-state index contributed by atoms with van der Waals surface area (Å²) in [7, 11) is 0. The molecule has 6 aromatic rings. The Bertz CT molecular complexity index is 2670. The van der Waals surface area contributed by atoms with Gasteiger partial charge < -0.3 is 28.4 Å². The molecule has 68 heavy (non-hydrogen) atoms. The Morgan fingerprint density at radius 3 is 1.32 bits per heavy atom. The zero-order chi connectivity index (χ0) is 48.3. The van der Waals surface area contributed by atoms with Crippen molar-refractivity contribution in [3.8, 4) is 0 Å². The minimum absolute atomic E-state index is 0.00598. The van der Waals surface area contributed by atoms with Crippen molar-refractivity contribution in [3.63, 3.8) is 0 Å². The van der Waals surface area contributed by atoms with E-state index >= 15 is 0 Å². The second kappa shape index (κ2) is 21.9. The van der Waals surface area contributed by atoms with Crippen LogP contribution in [0.5, 0.6) is 0 Å². The average Bonchev–Trinajstić information content (AvgIpc) is 3.35. The number of hydrogen-bond donors (Lipinski definition) is 0. The van der Waals surface area contributed by atoms with Gasteiger partial charge in [-0.05, 0) is 90.5 Å². The Morgan fingerprint density at radius 1 is 0.485 bits per heavy atom. The molecule has 0 radical (unpaired) electrons. The van der Waals surface area contributed by atoms with Gasteiger partial charge in [0.25, 0.3) is 5.23 Å². The number of benzene rings is 6. The van der Waals surface area contributed by atoms with Crippen molar-refractivity contribution < 1.29 is 73.9 Å². The second-order valence-corrected chi connectivity index (χ2v) is 15.7. The van der Waals surface area contributed by atoms with Gasteiger partial charge in [0.05, 0.1) is 39.1 Å². The largest absolute Gasteiger partial charge is 0.459 e. The third kappa shape index (κ3) is 12.9. The number of rotatable bonds is 13. The predicted octanol–water partition coefficient (Wildman–Crippen LogP) is 10.9. The first-order chi connectivity index (χ1) is 32.6. The van der Waals surface area contributed by atoms with E-state index in [4.69, 9.17) is 28.4 Å². The van der Waals surface area contributed by atoms with Crippen molar-refractivity contribution in [1.82, 2.24) is 0 Å². The van der Waals surface area contributed by atoms with Gasteiger partial charge in [0.2, 0.25) is 12.4 Å². The van der Waals surface area contributed by atoms with Crippen LogP contribution in [0, 0.1) is 0 Å². The molecular formula is C50H37F6NO10S. The first-order valence-electron chi connectivity index (χ1n) is 20.5. The van der Waals surface area contributed by atoms with Crippen LogP contribution in [-0.4, -0.2) is 66.4 Å².